The second kappa shape index (κ2) is 6.42. The average Bonchev–Trinajstić information content (AvgIpc) is 2.46. The van der Waals surface area contributed by atoms with Crippen LogP contribution >= 0.6 is 0 Å². The molecule has 21 heavy (non-hydrogen) atoms. The maximum absolute atomic E-state index is 11.9. The van der Waals surface area contributed by atoms with Crippen molar-refractivity contribution >= 4 is 12.1 Å². The Balaban J connectivity index is 2.08. The first-order valence-electron chi connectivity index (χ1n) is 6.09. The molecular weight excluding hydrogens is 272 g/mol. The van der Waals surface area contributed by atoms with Crippen LogP contribution in [0.1, 0.15) is 15.9 Å². The van der Waals surface area contributed by atoms with Gasteiger partial charge in [-0.25, -0.2) is 5.43 Å². The molecule has 0 unspecified atom stereocenters. The smallest absolute Gasteiger partial charge is 0.275 e. The molecule has 0 saturated carbocycles. The Labute approximate surface area is 121 Å². The number of hydrogen-bond donors (Lipinski definition) is 3. The van der Waals surface area contributed by atoms with Crippen LogP contribution < -0.4 is 10.2 Å². The molecule has 0 spiro atoms. The highest BCUT2D eigenvalue weighted by molar-refractivity contribution is 5.97. The minimum absolute atomic E-state index is 0.0903. The van der Waals surface area contributed by atoms with E-state index in [1.165, 1.54) is 31.5 Å². The summed E-state index contributed by atoms with van der Waals surface area (Å²) >= 11 is 0. The second-order valence-electron chi connectivity index (χ2n) is 4.18. The van der Waals surface area contributed by atoms with Gasteiger partial charge >= 0.3 is 0 Å². The quantitative estimate of drug-likeness (QED) is 0.591. The maximum atomic E-state index is 11.9. The highest BCUT2D eigenvalue weighted by atomic mass is 16.5. The molecule has 0 bridgehead atoms. The number of aromatic hydroxyl groups is 2. The molecule has 108 valence electrons. The van der Waals surface area contributed by atoms with Crippen molar-refractivity contribution < 1.29 is 19.7 Å². The summed E-state index contributed by atoms with van der Waals surface area (Å²) in [5.74, 6) is -0.159. The van der Waals surface area contributed by atoms with E-state index in [0.717, 1.165) is 0 Å². The van der Waals surface area contributed by atoms with Crippen molar-refractivity contribution in [3.05, 3.63) is 53.6 Å². The van der Waals surface area contributed by atoms with Crippen molar-refractivity contribution in [2.75, 3.05) is 7.11 Å². The summed E-state index contributed by atoms with van der Waals surface area (Å²) in [5, 5.41) is 22.4. The van der Waals surface area contributed by atoms with Crippen LogP contribution in [0.3, 0.4) is 0 Å². The number of carbonyl (C=O) groups is 1. The standard InChI is InChI=1S/C15H14N2O4/c1-21-14-5-3-2-4-13(14)15(20)17-16-9-10-6-11(18)8-12(19)7-10/h2-9,18-19H,1H3,(H,17,20)/b16-9+. The summed E-state index contributed by atoms with van der Waals surface area (Å²) in [6.45, 7) is 0. The van der Waals surface area contributed by atoms with Crippen molar-refractivity contribution in [1.82, 2.24) is 5.43 Å². The molecule has 2 aromatic rings. The van der Waals surface area contributed by atoms with Crippen molar-refractivity contribution in [3.8, 4) is 17.2 Å². The van der Waals surface area contributed by atoms with Gasteiger partial charge in [0.1, 0.15) is 17.2 Å². The number of amides is 1. The van der Waals surface area contributed by atoms with Gasteiger partial charge in [0.15, 0.2) is 0 Å². The van der Waals surface area contributed by atoms with Crippen LogP contribution in [0.15, 0.2) is 47.6 Å². The van der Waals surface area contributed by atoms with Gasteiger partial charge in [-0.2, -0.15) is 5.10 Å². The second-order valence-corrected chi connectivity index (χ2v) is 4.18. The van der Waals surface area contributed by atoms with E-state index in [0.29, 0.717) is 16.9 Å². The lowest BCUT2D eigenvalue weighted by atomic mass is 10.2. The van der Waals surface area contributed by atoms with Crippen LogP contribution in [0.5, 0.6) is 17.2 Å². The molecule has 2 rings (SSSR count). The predicted molar refractivity (Wildman–Crippen MR) is 77.8 cm³/mol. The molecule has 0 atom stereocenters. The van der Waals surface area contributed by atoms with Crippen LogP contribution in [-0.2, 0) is 0 Å². The average molecular weight is 286 g/mol. The number of phenolic OH excluding ortho intramolecular Hbond substituents is 2. The summed E-state index contributed by atoms with van der Waals surface area (Å²) in [4.78, 5) is 11.9. The Kier molecular flexibility index (Phi) is 4.40. The number of ether oxygens (including phenoxy) is 1. The topological polar surface area (TPSA) is 91.2 Å². The van der Waals surface area contributed by atoms with Crippen molar-refractivity contribution in [2.45, 2.75) is 0 Å². The largest absolute Gasteiger partial charge is 0.508 e. The number of nitrogens with one attached hydrogen (secondary N) is 1. The Bertz CT molecular complexity index is 663. The summed E-state index contributed by atoms with van der Waals surface area (Å²) in [7, 11) is 1.48. The molecule has 2 aromatic carbocycles. The number of carbonyl (C=O) groups excluding carboxylic acids is 1. The van der Waals surface area contributed by atoms with Gasteiger partial charge in [0.05, 0.1) is 18.9 Å². The zero-order valence-electron chi connectivity index (χ0n) is 11.3. The minimum Gasteiger partial charge on any atom is -0.508 e. The number of para-hydroxylation sites is 1. The first-order valence-corrected chi connectivity index (χ1v) is 6.09. The molecule has 3 N–H and O–H groups in total. The normalized spacial score (nSPS) is 10.5. The van der Waals surface area contributed by atoms with Gasteiger partial charge in [-0.3, -0.25) is 4.79 Å². The van der Waals surface area contributed by atoms with Crippen molar-refractivity contribution in [1.29, 1.82) is 0 Å². The van der Waals surface area contributed by atoms with E-state index in [-0.39, 0.29) is 11.5 Å². The van der Waals surface area contributed by atoms with Crippen LogP contribution in [0.2, 0.25) is 0 Å². The van der Waals surface area contributed by atoms with E-state index in [1.807, 2.05) is 0 Å². The Hall–Kier alpha value is -3.02. The molecule has 0 aliphatic rings. The van der Waals surface area contributed by atoms with Crippen LogP contribution in [0.25, 0.3) is 0 Å². The molecule has 0 heterocycles. The van der Waals surface area contributed by atoms with Crippen LogP contribution in [0.4, 0.5) is 0 Å². The molecule has 0 saturated heterocycles. The minimum atomic E-state index is -0.423. The first-order chi connectivity index (χ1) is 10.1. The van der Waals surface area contributed by atoms with Crippen molar-refractivity contribution in [3.63, 3.8) is 0 Å². The fourth-order valence-corrected chi connectivity index (χ4v) is 1.75. The summed E-state index contributed by atoms with van der Waals surface area (Å²) < 4.78 is 5.08. The molecular formula is C15H14N2O4. The highest BCUT2D eigenvalue weighted by Gasteiger charge is 2.09. The van der Waals surface area contributed by atoms with E-state index >= 15 is 0 Å². The Morgan fingerprint density at radius 2 is 1.86 bits per heavy atom. The Morgan fingerprint density at radius 3 is 2.52 bits per heavy atom. The van der Waals surface area contributed by atoms with E-state index in [1.54, 1.807) is 24.3 Å². The van der Waals surface area contributed by atoms with E-state index < -0.39 is 5.91 Å². The number of phenols is 2. The van der Waals surface area contributed by atoms with E-state index in [9.17, 15) is 15.0 Å². The van der Waals surface area contributed by atoms with Crippen molar-refractivity contribution in [2.24, 2.45) is 5.10 Å². The molecule has 0 aliphatic heterocycles. The molecule has 1 amide bonds. The highest BCUT2D eigenvalue weighted by Crippen LogP contribution is 2.19. The lowest BCUT2D eigenvalue weighted by Gasteiger charge is -2.06. The number of hydrazone groups is 1. The fraction of sp³-hybridized carbons (Fsp3) is 0.0667. The third-order valence-electron chi connectivity index (χ3n) is 2.66. The fourth-order valence-electron chi connectivity index (χ4n) is 1.75. The van der Waals surface area contributed by atoms with Gasteiger partial charge in [0, 0.05) is 11.6 Å². The van der Waals surface area contributed by atoms with Gasteiger partial charge in [0.2, 0.25) is 0 Å². The molecule has 0 fully saturated rings. The number of methoxy groups -OCH3 is 1. The lowest BCUT2D eigenvalue weighted by molar-refractivity contribution is 0.0952. The van der Waals surface area contributed by atoms with Crippen LogP contribution in [-0.4, -0.2) is 29.4 Å². The van der Waals surface area contributed by atoms with Gasteiger partial charge in [0.25, 0.3) is 5.91 Å². The monoisotopic (exact) mass is 286 g/mol. The third-order valence-corrected chi connectivity index (χ3v) is 2.66. The summed E-state index contributed by atoms with van der Waals surface area (Å²) in [6.07, 6.45) is 1.31. The molecule has 6 heteroatoms. The van der Waals surface area contributed by atoms with Gasteiger partial charge in [-0.15, -0.1) is 0 Å². The third kappa shape index (κ3) is 3.73. The number of benzene rings is 2. The zero-order chi connectivity index (χ0) is 15.2. The van der Waals surface area contributed by atoms with E-state index in [2.05, 4.69) is 10.5 Å². The van der Waals surface area contributed by atoms with E-state index in [4.69, 9.17) is 4.74 Å². The Morgan fingerprint density at radius 1 is 1.19 bits per heavy atom. The molecule has 6 nitrogen and oxygen atoms in total. The molecule has 0 aliphatic carbocycles. The number of nitrogens with zero attached hydrogens (tertiary/aromatic N) is 1. The lowest BCUT2D eigenvalue weighted by Crippen LogP contribution is -2.18. The zero-order valence-corrected chi connectivity index (χ0v) is 11.3. The van der Waals surface area contributed by atoms with Gasteiger partial charge in [-0.05, 0) is 24.3 Å². The van der Waals surface area contributed by atoms with Gasteiger partial charge in [-0.1, -0.05) is 12.1 Å². The van der Waals surface area contributed by atoms with Crippen LogP contribution in [0, 0.1) is 0 Å². The maximum Gasteiger partial charge on any atom is 0.275 e. The number of hydrogen-bond acceptors (Lipinski definition) is 5. The number of rotatable bonds is 4. The summed E-state index contributed by atoms with van der Waals surface area (Å²) in [5.41, 5.74) is 3.16. The first kappa shape index (κ1) is 14.4. The summed E-state index contributed by atoms with van der Waals surface area (Å²) in [6, 6.07) is 10.8. The molecule has 0 radical (unpaired) electrons. The predicted octanol–water partition coefficient (Wildman–Crippen LogP) is 1.87. The van der Waals surface area contributed by atoms with Gasteiger partial charge < -0.3 is 14.9 Å². The molecule has 0 aromatic heterocycles. The SMILES string of the molecule is COc1ccccc1C(=O)N/N=C/c1cc(O)cc(O)c1.